The van der Waals surface area contributed by atoms with Crippen molar-refractivity contribution in [1.82, 2.24) is 15.2 Å². The van der Waals surface area contributed by atoms with Gasteiger partial charge in [-0.25, -0.2) is 0 Å². The van der Waals surface area contributed by atoms with Crippen LogP contribution in [0.1, 0.15) is 46.7 Å². The minimum absolute atomic E-state index is 0.221. The molecule has 0 bridgehead atoms. The molecule has 1 aromatic rings. The van der Waals surface area contributed by atoms with Crippen LogP contribution in [0.5, 0.6) is 0 Å². The van der Waals surface area contributed by atoms with Gasteiger partial charge >= 0.3 is 0 Å². The molecule has 2 heterocycles. The number of pyridine rings is 1. The molecular formula is C17H29N3. The molecule has 1 N–H and O–H groups in total. The standard InChI is InChI=1S/C17H29N3/c1-6-17(5)13-19-15(16(2,3)4)12-20(17)11-14-9-7-8-10-18-14/h7-10,15,19H,6,11-13H2,1-5H3. The lowest BCUT2D eigenvalue weighted by Gasteiger charge is -2.50. The van der Waals surface area contributed by atoms with Gasteiger partial charge in [0.25, 0.3) is 0 Å². The number of nitrogens with one attached hydrogen (secondary N) is 1. The van der Waals surface area contributed by atoms with E-state index in [1.807, 2.05) is 12.3 Å². The summed E-state index contributed by atoms with van der Waals surface area (Å²) in [6.07, 6.45) is 3.05. The van der Waals surface area contributed by atoms with Crippen molar-refractivity contribution in [3.05, 3.63) is 30.1 Å². The Morgan fingerprint density at radius 2 is 2.15 bits per heavy atom. The van der Waals surface area contributed by atoms with E-state index in [0.717, 1.165) is 26.1 Å². The van der Waals surface area contributed by atoms with Gasteiger partial charge in [-0.05, 0) is 30.9 Å². The van der Waals surface area contributed by atoms with E-state index in [9.17, 15) is 0 Å². The van der Waals surface area contributed by atoms with Crippen LogP contribution in [0.2, 0.25) is 0 Å². The fraction of sp³-hybridized carbons (Fsp3) is 0.706. The minimum Gasteiger partial charge on any atom is -0.310 e. The monoisotopic (exact) mass is 275 g/mol. The number of piperazine rings is 1. The molecule has 2 unspecified atom stereocenters. The predicted octanol–water partition coefficient (Wildman–Crippen LogP) is 3.07. The summed E-state index contributed by atoms with van der Waals surface area (Å²) in [7, 11) is 0. The van der Waals surface area contributed by atoms with Crippen molar-refractivity contribution in [3.8, 4) is 0 Å². The number of nitrogens with zero attached hydrogens (tertiary/aromatic N) is 2. The van der Waals surface area contributed by atoms with E-state index in [2.05, 4.69) is 62.0 Å². The Labute approximate surface area is 123 Å². The van der Waals surface area contributed by atoms with Crippen LogP contribution in [-0.2, 0) is 6.54 Å². The van der Waals surface area contributed by atoms with Gasteiger partial charge in [-0.2, -0.15) is 0 Å². The van der Waals surface area contributed by atoms with Gasteiger partial charge in [0.2, 0.25) is 0 Å². The molecule has 1 saturated heterocycles. The van der Waals surface area contributed by atoms with E-state index >= 15 is 0 Å². The first-order chi connectivity index (χ1) is 9.35. The summed E-state index contributed by atoms with van der Waals surface area (Å²) in [4.78, 5) is 7.11. The fourth-order valence-electron chi connectivity index (χ4n) is 2.83. The highest BCUT2D eigenvalue weighted by atomic mass is 15.3. The molecule has 1 fully saturated rings. The summed E-state index contributed by atoms with van der Waals surface area (Å²) in [5.41, 5.74) is 1.68. The maximum Gasteiger partial charge on any atom is 0.0544 e. The van der Waals surface area contributed by atoms with Crippen molar-refractivity contribution >= 4 is 0 Å². The summed E-state index contributed by atoms with van der Waals surface area (Å²) in [5, 5.41) is 3.75. The number of hydrogen-bond donors (Lipinski definition) is 1. The second kappa shape index (κ2) is 5.82. The topological polar surface area (TPSA) is 28.2 Å². The molecule has 2 atom stereocenters. The van der Waals surface area contributed by atoms with Crippen molar-refractivity contribution in [2.45, 2.75) is 59.2 Å². The average molecular weight is 275 g/mol. The molecule has 1 aliphatic rings. The van der Waals surface area contributed by atoms with Crippen LogP contribution < -0.4 is 5.32 Å². The van der Waals surface area contributed by atoms with E-state index < -0.39 is 0 Å². The zero-order chi connectivity index (χ0) is 14.8. The van der Waals surface area contributed by atoms with Crippen LogP contribution in [0.25, 0.3) is 0 Å². The van der Waals surface area contributed by atoms with E-state index in [4.69, 9.17) is 0 Å². The van der Waals surface area contributed by atoms with Gasteiger partial charge < -0.3 is 5.32 Å². The zero-order valence-corrected chi connectivity index (χ0v) is 13.6. The molecule has 0 saturated carbocycles. The van der Waals surface area contributed by atoms with Crippen LogP contribution >= 0.6 is 0 Å². The van der Waals surface area contributed by atoms with E-state index in [1.165, 1.54) is 5.69 Å². The fourth-order valence-corrected chi connectivity index (χ4v) is 2.83. The van der Waals surface area contributed by atoms with Gasteiger partial charge in [-0.3, -0.25) is 9.88 Å². The first-order valence-electron chi connectivity index (χ1n) is 7.73. The van der Waals surface area contributed by atoms with Crippen LogP contribution in [0.4, 0.5) is 0 Å². The lowest BCUT2D eigenvalue weighted by Crippen LogP contribution is -2.65. The maximum absolute atomic E-state index is 4.50. The molecule has 0 spiro atoms. The SMILES string of the molecule is CCC1(C)CNC(C(C)(C)C)CN1Cc1ccccn1. The van der Waals surface area contributed by atoms with Crippen LogP contribution in [0, 0.1) is 5.41 Å². The number of rotatable bonds is 3. The van der Waals surface area contributed by atoms with E-state index in [0.29, 0.717) is 6.04 Å². The highest BCUT2D eigenvalue weighted by Gasteiger charge is 2.39. The lowest BCUT2D eigenvalue weighted by molar-refractivity contribution is 0.0149. The molecule has 0 amide bonds. The number of aromatic nitrogens is 1. The van der Waals surface area contributed by atoms with Crippen molar-refractivity contribution in [1.29, 1.82) is 0 Å². The Bertz CT molecular complexity index is 424. The molecule has 20 heavy (non-hydrogen) atoms. The Hall–Kier alpha value is -0.930. The van der Waals surface area contributed by atoms with Crippen molar-refractivity contribution < 1.29 is 0 Å². The highest BCUT2D eigenvalue weighted by Crippen LogP contribution is 2.30. The smallest absolute Gasteiger partial charge is 0.0544 e. The molecule has 0 aliphatic carbocycles. The summed E-state index contributed by atoms with van der Waals surface area (Å²) in [6, 6.07) is 6.73. The molecule has 1 aliphatic heterocycles. The van der Waals surface area contributed by atoms with Gasteiger partial charge in [0.15, 0.2) is 0 Å². The molecule has 1 aromatic heterocycles. The third kappa shape index (κ3) is 3.39. The number of hydrogen-bond acceptors (Lipinski definition) is 3. The average Bonchev–Trinajstić information content (AvgIpc) is 2.41. The van der Waals surface area contributed by atoms with Crippen LogP contribution in [0.3, 0.4) is 0 Å². The molecule has 3 heteroatoms. The molecule has 112 valence electrons. The normalized spacial score (nSPS) is 28.6. The van der Waals surface area contributed by atoms with Gasteiger partial charge in [0.05, 0.1) is 5.69 Å². The minimum atomic E-state index is 0.221. The second-order valence-corrected chi connectivity index (χ2v) is 7.35. The highest BCUT2D eigenvalue weighted by molar-refractivity contribution is 5.06. The van der Waals surface area contributed by atoms with Gasteiger partial charge in [-0.1, -0.05) is 33.8 Å². The van der Waals surface area contributed by atoms with Crippen molar-refractivity contribution in [2.24, 2.45) is 5.41 Å². The molecular weight excluding hydrogens is 246 g/mol. The molecule has 3 nitrogen and oxygen atoms in total. The Morgan fingerprint density at radius 1 is 1.40 bits per heavy atom. The van der Waals surface area contributed by atoms with E-state index in [1.54, 1.807) is 0 Å². The summed E-state index contributed by atoms with van der Waals surface area (Å²) >= 11 is 0. The molecule has 2 rings (SSSR count). The Morgan fingerprint density at radius 3 is 2.70 bits per heavy atom. The summed E-state index contributed by atoms with van der Waals surface area (Å²) in [5.74, 6) is 0. The predicted molar refractivity (Wildman–Crippen MR) is 84.6 cm³/mol. The largest absolute Gasteiger partial charge is 0.310 e. The van der Waals surface area contributed by atoms with Crippen molar-refractivity contribution in [3.63, 3.8) is 0 Å². The third-order valence-corrected chi connectivity index (χ3v) is 4.78. The first-order valence-corrected chi connectivity index (χ1v) is 7.73. The van der Waals surface area contributed by atoms with E-state index in [-0.39, 0.29) is 11.0 Å². The quantitative estimate of drug-likeness (QED) is 0.919. The zero-order valence-electron chi connectivity index (χ0n) is 13.6. The summed E-state index contributed by atoms with van der Waals surface area (Å²) < 4.78 is 0. The summed E-state index contributed by atoms with van der Waals surface area (Å²) in [6.45, 7) is 14.7. The third-order valence-electron chi connectivity index (χ3n) is 4.78. The van der Waals surface area contributed by atoms with Crippen LogP contribution in [-0.4, -0.2) is 34.6 Å². The molecule has 0 radical (unpaired) electrons. The van der Waals surface area contributed by atoms with Crippen molar-refractivity contribution in [2.75, 3.05) is 13.1 Å². The lowest BCUT2D eigenvalue weighted by atomic mass is 9.81. The van der Waals surface area contributed by atoms with Gasteiger partial charge in [0.1, 0.15) is 0 Å². The Balaban J connectivity index is 2.16. The molecule has 0 aromatic carbocycles. The second-order valence-electron chi connectivity index (χ2n) is 7.35. The van der Waals surface area contributed by atoms with Gasteiger partial charge in [-0.15, -0.1) is 0 Å². The first kappa shape index (κ1) is 15.5. The maximum atomic E-state index is 4.50. The van der Waals surface area contributed by atoms with Crippen LogP contribution in [0.15, 0.2) is 24.4 Å². The van der Waals surface area contributed by atoms with Gasteiger partial charge in [0, 0.05) is 37.4 Å². The Kier molecular flexibility index (Phi) is 4.50.